The molecule has 2 fully saturated rings. The van der Waals surface area contributed by atoms with Crippen LogP contribution in [-0.2, 0) is 22.6 Å². The van der Waals surface area contributed by atoms with Gasteiger partial charge in [-0.15, -0.1) is 0 Å². The number of benzene rings is 1. The highest BCUT2D eigenvalue weighted by Crippen LogP contribution is 2.24. The monoisotopic (exact) mass is 334 g/mol. The molecule has 2 aliphatic heterocycles. The lowest BCUT2D eigenvalue weighted by atomic mass is 10.1. The maximum Gasteiger partial charge on any atom is 0.123 e. The quantitative estimate of drug-likeness (QED) is 0.763. The Hall–Kier alpha value is -1.14. The smallest absolute Gasteiger partial charge is 0.123 e. The van der Waals surface area contributed by atoms with Crippen LogP contribution in [0.4, 0.5) is 0 Å². The van der Waals surface area contributed by atoms with E-state index in [1.165, 1.54) is 37.1 Å². The van der Waals surface area contributed by atoms with Crippen molar-refractivity contribution in [2.24, 2.45) is 0 Å². The molecule has 0 saturated carbocycles. The molecule has 0 spiro atoms. The number of ether oxygens (including phenoxy) is 3. The van der Waals surface area contributed by atoms with E-state index in [4.69, 9.17) is 14.2 Å². The molecule has 1 atom stereocenters. The second kappa shape index (κ2) is 8.81. The van der Waals surface area contributed by atoms with Crippen molar-refractivity contribution in [2.75, 3.05) is 53.6 Å². The van der Waals surface area contributed by atoms with Gasteiger partial charge in [-0.1, -0.05) is 6.07 Å². The van der Waals surface area contributed by atoms with Gasteiger partial charge in [-0.25, -0.2) is 0 Å². The van der Waals surface area contributed by atoms with E-state index in [-0.39, 0.29) is 6.10 Å². The first-order valence-corrected chi connectivity index (χ1v) is 9.00. The van der Waals surface area contributed by atoms with E-state index in [9.17, 15) is 0 Å². The summed E-state index contributed by atoms with van der Waals surface area (Å²) in [4.78, 5) is 4.82. The van der Waals surface area contributed by atoms with Gasteiger partial charge in [-0.3, -0.25) is 9.80 Å². The summed E-state index contributed by atoms with van der Waals surface area (Å²) in [6, 6.07) is 6.57. The van der Waals surface area contributed by atoms with E-state index in [0.717, 1.165) is 32.0 Å². The summed E-state index contributed by atoms with van der Waals surface area (Å²) in [5.74, 6) is 0.998. The van der Waals surface area contributed by atoms with E-state index in [1.807, 2.05) is 0 Å². The van der Waals surface area contributed by atoms with Crippen LogP contribution in [0, 0.1) is 0 Å². The van der Waals surface area contributed by atoms with Gasteiger partial charge in [0.15, 0.2) is 0 Å². The van der Waals surface area contributed by atoms with Crippen molar-refractivity contribution in [2.45, 2.75) is 32.0 Å². The number of hydrogen-bond acceptors (Lipinski definition) is 5. The van der Waals surface area contributed by atoms with Gasteiger partial charge in [0.1, 0.15) is 5.75 Å². The second-order valence-corrected chi connectivity index (χ2v) is 6.89. The van der Waals surface area contributed by atoms with Gasteiger partial charge in [0.2, 0.25) is 0 Å². The van der Waals surface area contributed by atoms with Crippen molar-refractivity contribution in [1.82, 2.24) is 9.80 Å². The number of rotatable bonds is 7. The van der Waals surface area contributed by atoms with Crippen LogP contribution in [-0.4, -0.2) is 69.5 Å². The number of nitrogens with zero attached hydrogens (tertiary/aromatic N) is 2. The summed E-state index contributed by atoms with van der Waals surface area (Å²) < 4.78 is 16.8. The third-order valence-corrected chi connectivity index (χ3v) is 4.79. The predicted molar refractivity (Wildman–Crippen MR) is 94.4 cm³/mol. The number of methoxy groups -OCH3 is 1. The van der Waals surface area contributed by atoms with E-state index in [1.54, 1.807) is 7.11 Å². The first-order chi connectivity index (χ1) is 11.7. The van der Waals surface area contributed by atoms with Crippen LogP contribution in [0.25, 0.3) is 0 Å². The molecule has 0 radical (unpaired) electrons. The number of likely N-dealkylation sites (N-methyl/N-ethyl adjacent to an activating group) is 1. The fourth-order valence-electron chi connectivity index (χ4n) is 3.60. The van der Waals surface area contributed by atoms with Crippen LogP contribution < -0.4 is 4.74 Å². The Bertz CT molecular complexity index is 511. The Balaban J connectivity index is 1.59. The minimum Gasteiger partial charge on any atom is -0.496 e. The number of likely N-dealkylation sites (tertiary alicyclic amines) is 1. The Labute approximate surface area is 145 Å². The van der Waals surface area contributed by atoms with E-state index in [0.29, 0.717) is 13.2 Å². The van der Waals surface area contributed by atoms with Crippen molar-refractivity contribution >= 4 is 0 Å². The molecule has 2 aliphatic rings. The Kier molecular flexibility index (Phi) is 6.49. The summed E-state index contributed by atoms with van der Waals surface area (Å²) >= 11 is 0. The van der Waals surface area contributed by atoms with Crippen LogP contribution in [0.3, 0.4) is 0 Å². The van der Waals surface area contributed by atoms with Crippen molar-refractivity contribution in [3.05, 3.63) is 29.3 Å². The zero-order valence-corrected chi connectivity index (χ0v) is 15.0. The van der Waals surface area contributed by atoms with Crippen LogP contribution in [0.2, 0.25) is 0 Å². The number of hydrogen-bond donors (Lipinski definition) is 0. The zero-order valence-electron chi connectivity index (χ0n) is 15.0. The summed E-state index contributed by atoms with van der Waals surface area (Å²) in [7, 11) is 3.90. The molecule has 0 unspecified atom stereocenters. The standard InChI is InChI=1S/C19H30N2O3/c1-20(14-18-15-23-9-10-24-18)12-16-5-6-19(22-2)17(11-16)13-21-7-3-4-8-21/h5-6,11,18H,3-4,7-10,12-15H2,1-2H3/t18-/m0/s1. The average Bonchev–Trinajstić information content (AvgIpc) is 3.09. The molecule has 1 aromatic rings. The third-order valence-electron chi connectivity index (χ3n) is 4.79. The first-order valence-electron chi connectivity index (χ1n) is 9.00. The highest BCUT2D eigenvalue weighted by atomic mass is 16.6. The fourth-order valence-corrected chi connectivity index (χ4v) is 3.60. The Morgan fingerprint density at radius 1 is 1.25 bits per heavy atom. The van der Waals surface area contributed by atoms with Crippen LogP contribution in [0.1, 0.15) is 24.0 Å². The Morgan fingerprint density at radius 3 is 2.79 bits per heavy atom. The molecule has 3 rings (SSSR count). The summed E-state index contributed by atoms with van der Waals surface area (Å²) in [6.45, 7) is 7.33. The average molecular weight is 334 g/mol. The van der Waals surface area contributed by atoms with Gasteiger partial charge in [0.25, 0.3) is 0 Å². The van der Waals surface area contributed by atoms with Crippen LogP contribution in [0.5, 0.6) is 5.75 Å². The van der Waals surface area contributed by atoms with Crippen LogP contribution in [0.15, 0.2) is 18.2 Å². The van der Waals surface area contributed by atoms with Crippen LogP contribution >= 0.6 is 0 Å². The highest BCUT2D eigenvalue weighted by Gasteiger charge is 2.18. The molecule has 1 aromatic carbocycles. The molecule has 0 N–H and O–H groups in total. The zero-order chi connectivity index (χ0) is 16.8. The first kappa shape index (κ1) is 17.7. The summed E-state index contributed by atoms with van der Waals surface area (Å²) in [6.07, 6.45) is 2.81. The normalized spacial score (nSPS) is 22.2. The molecule has 5 nitrogen and oxygen atoms in total. The minimum atomic E-state index is 0.186. The van der Waals surface area contributed by atoms with Crippen molar-refractivity contribution in [3.63, 3.8) is 0 Å². The van der Waals surface area contributed by atoms with Gasteiger partial charge < -0.3 is 14.2 Å². The maximum absolute atomic E-state index is 5.74. The molecule has 0 aromatic heterocycles. The van der Waals surface area contributed by atoms with Crippen molar-refractivity contribution in [1.29, 1.82) is 0 Å². The summed E-state index contributed by atoms with van der Waals surface area (Å²) in [5.41, 5.74) is 2.62. The van der Waals surface area contributed by atoms with E-state index >= 15 is 0 Å². The Morgan fingerprint density at radius 2 is 2.08 bits per heavy atom. The minimum absolute atomic E-state index is 0.186. The molecular formula is C19H30N2O3. The predicted octanol–water partition coefficient (Wildman–Crippen LogP) is 2.14. The fraction of sp³-hybridized carbons (Fsp3) is 0.684. The molecule has 134 valence electrons. The van der Waals surface area contributed by atoms with Crippen molar-refractivity contribution < 1.29 is 14.2 Å². The lowest BCUT2D eigenvalue weighted by Crippen LogP contribution is -2.38. The molecule has 0 amide bonds. The van der Waals surface area contributed by atoms with Gasteiger partial charge >= 0.3 is 0 Å². The second-order valence-electron chi connectivity index (χ2n) is 6.89. The lowest BCUT2D eigenvalue weighted by molar-refractivity contribution is -0.0962. The maximum atomic E-state index is 5.74. The highest BCUT2D eigenvalue weighted by molar-refractivity contribution is 5.37. The van der Waals surface area contributed by atoms with Crippen molar-refractivity contribution in [3.8, 4) is 5.75 Å². The molecule has 0 aliphatic carbocycles. The van der Waals surface area contributed by atoms with E-state index in [2.05, 4.69) is 35.0 Å². The SMILES string of the molecule is COc1ccc(CN(C)C[C@H]2COCCO2)cc1CN1CCCC1. The van der Waals surface area contributed by atoms with Gasteiger partial charge in [0.05, 0.1) is 33.0 Å². The van der Waals surface area contributed by atoms with E-state index < -0.39 is 0 Å². The molecule has 2 heterocycles. The topological polar surface area (TPSA) is 34.2 Å². The third kappa shape index (κ3) is 4.93. The molecular weight excluding hydrogens is 304 g/mol. The molecule has 24 heavy (non-hydrogen) atoms. The van der Waals surface area contributed by atoms with Gasteiger partial charge in [0, 0.05) is 25.2 Å². The molecule has 2 saturated heterocycles. The largest absolute Gasteiger partial charge is 0.496 e. The van der Waals surface area contributed by atoms with Gasteiger partial charge in [-0.05, 0) is 50.7 Å². The summed E-state index contributed by atoms with van der Waals surface area (Å²) in [5, 5.41) is 0. The lowest BCUT2D eigenvalue weighted by Gasteiger charge is -2.27. The molecule has 0 bridgehead atoms. The van der Waals surface area contributed by atoms with Gasteiger partial charge in [-0.2, -0.15) is 0 Å². The molecule has 5 heteroatoms.